The molecule has 6 nitrogen and oxygen atoms in total. The number of urea groups is 1. The molecule has 0 saturated carbocycles. The first kappa shape index (κ1) is 16.6. The first-order valence-corrected chi connectivity index (χ1v) is 7.66. The quantitative estimate of drug-likeness (QED) is 0.837. The van der Waals surface area contributed by atoms with Crippen LogP contribution in [-0.4, -0.2) is 29.8 Å². The minimum atomic E-state index is -0.713. The number of hydrogen-bond donors (Lipinski definition) is 2. The van der Waals surface area contributed by atoms with Gasteiger partial charge in [-0.15, -0.1) is 0 Å². The van der Waals surface area contributed by atoms with Gasteiger partial charge in [0.05, 0.1) is 6.42 Å². The number of halogens is 1. The molecule has 1 saturated heterocycles. The molecule has 1 aliphatic rings. The first-order valence-electron chi connectivity index (χ1n) is 7.66. The summed E-state index contributed by atoms with van der Waals surface area (Å²) in [5.41, 5.74) is 1.76. The second kappa shape index (κ2) is 6.72. The molecule has 2 aromatic rings. The number of rotatable bonds is 4. The highest BCUT2D eigenvalue weighted by Gasteiger charge is 2.36. The van der Waals surface area contributed by atoms with Crippen molar-refractivity contribution in [3.8, 4) is 0 Å². The lowest BCUT2D eigenvalue weighted by molar-refractivity contribution is -0.126. The molecule has 0 aromatic heterocycles. The van der Waals surface area contributed by atoms with Crippen LogP contribution >= 0.6 is 0 Å². The minimum absolute atomic E-state index is 0.0570. The zero-order valence-electron chi connectivity index (χ0n) is 13.5. The molecule has 7 heteroatoms. The van der Waals surface area contributed by atoms with Gasteiger partial charge in [0.2, 0.25) is 5.91 Å². The van der Waals surface area contributed by atoms with Crippen molar-refractivity contribution in [1.29, 1.82) is 0 Å². The van der Waals surface area contributed by atoms with Crippen LogP contribution in [-0.2, 0) is 16.0 Å². The van der Waals surface area contributed by atoms with Crippen molar-refractivity contribution >= 4 is 23.5 Å². The standard InChI is InChI=1S/C18H16FN3O3/c1-22-17(24)16(21-18(22)25)12-5-7-14(8-6-12)20-15(23)10-11-3-2-4-13(19)9-11/h2-9,16H,10H2,1H3,(H,20,23)(H,21,25). The summed E-state index contributed by atoms with van der Waals surface area (Å²) in [6.45, 7) is 0. The Morgan fingerprint density at radius 2 is 1.92 bits per heavy atom. The number of benzene rings is 2. The molecule has 128 valence electrons. The highest BCUT2D eigenvalue weighted by molar-refractivity contribution is 6.04. The summed E-state index contributed by atoms with van der Waals surface area (Å²) < 4.78 is 13.1. The van der Waals surface area contributed by atoms with Gasteiger partial charge in [-0.3, -0.25) is 14.5 Å². The van der Waals surface area contributed by atoms with Crippen molar-refractivity contribution in [1.82, 2.24) is 10.2 Å². The summed E-state index contributed by atoms with van der Waals surface area (Å²) in [5.74, 6) is -0.987. The van der Waals surface area contributed by atoms with Gasteiger partial charge in [-0.2, -0.15) is 0 Å². The number of anilines is 1. The maximum atomic E-state index is 13.1. The van der Waals surface area contributed by atoms with Crippen LogP contribution in [0.25, 0.3) is 0 Å². The Morgan fingerprint density at radius 1 is 1.20 bits per heavy atom. The van der Waals surface area contributed by atoms with Gasteiger partial charge < -0.3 is 10.6 Å². The van der Waals surface area contributed by atoms with Crippen LogP contribution in [0, 0.1) is 5.82 Å². The summed E-state index contributed by atoms with van der Waals surface area (Å²) in [7, 11) is 1.42. The first-order chi connectivity index (χ1) is 11.9. The third-order valence-corrected chi connectivity index (χ3v) is 3.93. The summed E-state index contributed by atoms with van der Waals surface area (Å²) >= 11 is 0. The van der Waals surface area contributed by atoms with Crippen molar-refractivity contribution in [2.24, 2.45) is 0 Å². The highest BCUT2D eigenvalue weighted by atomic mass is 19.1. The van der Waals surface area contributed by atoms with Crippen molar-refractivity contribution in [2.45, 2.75) is 12.5 Å². The van der Waals surface area contributed by atoms with E-state index in [0.717, 1.165) is 4.90 Å². The number of nitrogens with one attached hydrogen (secondary N) is 2. The molecule has 1 heterocycles. The fraction of sp³-hybridized carbons (Fsp3) is 0.167. The Hall–Kier alpha value is -3.22. The molecule has 1 atom stereocenters. The van der Waals surface area contributed by atoms with Gasteiger partial charge in [-0.1, -0.05) is 24.3 Å². The average molecular weight is 341 g/mol. The molecular formula is C18H16FN3O3. The average Bonchev–Trinajstić information content (AvgIpc) is 2.83. The predicted octanol–water partition coefficient (Wildman–Crippen LogP) is 2.23. The zero-order valence-corrected chi connectivity index (χ0v) is 13.5. The monoisotopic (exact) mass is 341 g/mol. The van der Waals surface area contributed by atoms with Crippen LogP contribution in [0.3, 0.4) is 0 Å². The molecule has 0 aliphatic carbocycles. The van der Waals surface area contributed by atoms with E-state index in [1.54, 1.807) is 36.4 Å². The van der Waals surface area contributed by atoms with Gasteiger partial charge >= 0.3 is 6.03 Å². The molecule has 3 rings (SSSR count). The molecule has 1 aliphatic heterocycles. The SMILES string of the molecule is CN1C(=O)NC(c2ccc(NC(=O)Cc3cccc(F)c3)cc2)C1=O. The molecule has 4 amide bonds. The molecular weight excluding hydrogens is 325 g/mol. The molecule has 25 heavy (non-hydrogen) atoms. The molecule has 1 fully saturated rings. The Bertz CT molecular complexity index is 836. The number of hydrogen-bond acceptors (Lipinski definition) is 3. The van der Waals surface area contributed by atoms with Crippen LogP contribution < -0.4 is 10.6 Å². The van der Waals surface area contributed by atoms with Crippen molar-refractivity contribution < 1.29 is 18.8 Å². The number of amides is 4. The third kappa shape index (κ3) is 3.65. The van der Waals surface area contributed by atoms with Crippen LogP contribution in [0.5, 0.6) is 0 Å². The summed E-state index contributed by atoms with van der Waals surface area (Å²) in [6, 6.07) is 11.3. The summed E-state index contributed by atoms with van der Waals surface area (Å²) in [5, 5.41) is 5.29. The van der Waals surface area contributed by atoms with Crippen molar-refractivity contribution in [2.75, 3.05) is 12.4 Å². The maximum absolute atomic E-state index is 13.1. The van der Waals surface area contributed by atoms with Crippen molar-refractivity contribution in [3.05, 3.63) is 65.5 Å². The van der Waals surface area contributed by atoms with E-state index in [9.17, 15) is 18.8 Å². The van der Waals surface area contributed by atoms with E-state index in [1.807, 2.05) is 0 Å². The molecule has 1 unspecified atom stereocenters. The molecule has 2 aromatic carbocycles. The minimum Gasteiger partial charge on any atom is -0.326 e. The fourth-order valence-electron chi connectivity index (χ4n) is 2.60. The van der Waals surface area contributed by atoms with E-state index in [0.29, 0.717) is 16.8 Å². The number of likely N-dealkylation sites (N-methyl/N-ethyl adjacent to an activating group) is 1. The van der Waals surface area contributed by atoms with E-state index >= 15 is 0 Å². The highest BCUT2D eigenvalue weighted by Crippen LogP contribution is 2.22. The topological polar surface area (TPSA) is 78.5 Å². The van der Waals surface area contributed by atoms with E-state index in [1.165, 1.54) is 19.2 Å². The van der Waals surface area contributed by atoms with Gasteiger partial charge in [0.25, 0.3) is 5.91 Å². The normalized spacial score (nSPS) is 16.7. The maximum Gasteiger partial charge on any atom is 0.324 e. The van der Waals surface area contributed by atoms with Gasteiger partial charge in [-0.05, 0) is 35.4 Å². The predicted molar refractivity (Wildman–Crippen MR) is 89.2 cm³/mol. The van der Waals surface area contributed by atoms with E-state index < -0.39 is 12.1 Å². The number of carbonyl (C=O) groups excluding carboxylic acids is 3. The molecule has 0 spiro atoms. The smallest absolute Gasteiger partial charge is 0.324 e. The van der Waals surface area contributed by atoms with Crippen molar-refractivity contribution in [3.63, 3.8) is 0 Å². The second-order valence-electron chi connectivity index (χ2n) is 5.76. The lowest BCUT2D eigenvalue weighted by Crippen LogP contribution is -2.25. The van der Waals surface area contributed by atoms with E-state index in [-0.39, 0.29) is 24.1 Å². The number of imide groups is 1. The van der Waals surface area contributed by atoms with E-state index in [2.05, 4.69) is 10.6 Å². The molecule has 0 radical (unpaired) electrons. The van der Waals surface area contributed by atoms with Gasteiger partial charge in [-0.25, -0.2) is 9.18 Å². The Labute approximate surface area is 143 Å². The summed E-state index contributed by atoms with van der Waals surface area (Å²) in [4.78, 5) is 36.5. The lowest BCUT2D eigenvalue weighted by atomic mass is 10.1. The Balaban J connectivity index is 1.64. The fourth-order valence-corrected chi connectivity index (χ4v) is 2.60. The molecule has 2 N–H and O–H groups in total. The second-order valence-corrected chi connectivity index (χ2v) is 5.76. The van der Waals surface area contributed by atoms with Crippen LogP contribution in [0.2, 0.25) is 0 Å². The van der Waals surface area contributed by atoms with Crippen LogP contribution in [0.4, 0.5) is 14.9 Å². The summed E-state index contributed by atoms with van der Waals surface area (Å²) in [6.07, 6.45) is 0.0570. The zero-order chi connectivity index (χ0) is 18.0. The Morgan fingerprint density at radius 3 is 2.52 bits per heavy atom. The number of carbonyl (C=O) groups is 3. The largest absolute Gasteiger partial charge is 0.326 e. The molecule has 0 bridgehead atoms. The van der Waals surface area contributed by atoms with Crippen LogP contribution in [0.15, 0.2) is 48.5 Å². The van der Waals surface area contributed by atoms with Gasteiger partial charge in [0, 0.05) is 12.7 Å². The van der Waals surface area contributed by atoms with Crippen LogP contribution in [0.1, 0.15) is 17.2 Å². The van der Waals surface area contributed by atoms with E-state index in [4.69, 9.17) is 0 Å². The Kier molecular flexibility index (Phi) is 4.47. The lowest BCUT2D eigenvalue weighted by Gasteiger charge is -2.10. The number of nitrogens with zero attached hydrogens (tertiary/aromatic N) is 1. The third-order valence-electron chi connectivity index (χ3n) is 3.93. The van der Waals surface area contributed by atoms with Gasteiger partial charge in [0.15, 0.2) is 0 Å². The van der Waals surface area contributed by atoms with Gasteiger partial charge in [0.1, 0.15) is 11.9 Å².